The van der Waals surface area contributed by atoms with E-state index >= 15 is 0 Å². The van der Waals surface area contributed by atoms with Crippen LogP contribution < -0.4 is 15.6 Å². The summed E-state index contributed by atoms with van der Waals surface area (Å²) in [5.41, 5.74) is 1.48. The molecule has 7 nitrogen and oxygen atoms in total. The molecule has 3 aromatic rings. The lowest BCUT2D eigenvalue weighted by Gasteiger charge is -2.11. The Balaban J connectivity index is 1.85. The van der Waals surface area contributed by atoms with Crippen molar-refractivity contribution in [1.82, 2.24) is 4.57 Å². The second kappa shape index (κ2) is 8.88. The van der Waals surface area contributed by atoms with Crippen LogP contribution in [0.1, 0.15) is 26.3 Å². The molecule has 0 fully saturated rings. The van der Waals surface area contributed by atoms with E-state index in [4.69, 9.17) is 9.47 Å². The number of hydrogen-bond donors (Lipinski definition) is 1. The highest BCUT2D eigenvalue weighted by Gasteiger charge is 2.15. The molecule has 0 spiro atoms. The third-order valence-electron chi connectivity index (χ3n) is 4.31. The summed E-state index contributed by atoms with van der Waals surface area (Å²) in [7, 11) is 2.85. The zero-order valence-electron chi connectivity index (χ0n) is 16.0. The number of benzene rings is 2. The SMILES string of the molecule is COC(=O)c1ccccc1NC(=O)c1ccc(=O)n(Cc2cccc(OC)c2)c1. The zero-order valence-corrected chi connectivity index (χ0v) is 16.0. The summed E-state index contributed by atoms with van der Waals surface area (Å²) in [5.74, 6) is -0.312. The first-order valence-corrected chi connectivity index (χ1v) is 8.84. The topological polar surface area (TPSA) is 86.6 Å². The molecule has 3 rings (SSSR count). The summed E-state index contributed by atoms with van der Waals surface area (Å²) >= 11 is 0. The van der Waals surface area contributed by atoms with Gasteiger partial charge >= 0.3 is 5.97 Å². The number of ether oxygens (including phenoxy) is 2. The Labute approximate surface area is 167 Å². The number of carbonyl (C=O) groups excluding carboxylic acids is 2. The Hall–Kier alpha value is -3.87. The second-order valence-corrected chi connectivity index (χ2v) is 6.23. The van der Waals surface area contributed by atoms with E-state index in [0.717, 1.165) is 5.56 Å². The van der Waals surface area contributed by atoms with E-state index in [2.05, 4.69) is 5.32 Å². The molecule has 0 aliphatic heterocycles. The number of esters is 1. The number of nitrogens with zero attached hydrogens (tertiary/aromatic N) is 1. The number of nitrogens with one attached hydrogen (secondary N) is 1. The zero-order chi connectivity index (χ0) is 20.8. The molecule has 0 atom stereocenters. The molecule has 0 saturated carbocycles. The van der Waals surface area contributed by atoms with Crippen LogP contribution in [0.4, 0.5) is 5.69 Å². The first-order chi connectivity index (χ1) is 14.0. The number of rotatable bonds is 6. The van der Waals surface area contributed by atoms with Crippen LogP contribution >= 0.6 is 0 Å². The molecule has 148 valence electrons. The smallest absolute Gasteiger partial charge is 0.339 e. The molecule has 0 unspecified atom stereocenters. The summed E-state index contributed by atoms with van der Waals surface area (Å²) < 4.78 is 11.4. The fourth-order valence-corrected chi connectivity index (χ4v) is 2.83. The number of anilines is 1. The van der Waals surface area contributed by atoms with E-state index in [0.29, 0.717) is 11.4 Å². The Morgan fingerprint density at radius 2 is 1.79 bits per heavy atom. The normalized spacial score (nSPS) is 10.3. The highest BCUT2D eigenvalue weighted by Crippen LogP contribution is 2.17. The van der Waals surface area contributed by atoms with Gasteiger partial charge in [0.1, 0.15) is 5.75 Å². The maximum Gasteiger partial charge on any atom is 0.339 e. The summed E-state index contributed by atoms with van der Waals surface area (Å²) in [5, 5.41) is 2.70. The van der Waals surface area contributed by atoms with Crippen LogP contribution in [0.25, 0.3) is 0 Å². The van der Waals surface area contributed by atoms with Gasteiger partial charge in [-0.25, -0.2) is 4.79 Å². The first-order valence-electron chi connectivity index (χ1n) is 8.84. The van der Waals surface area contributed by atoms with Crippen LogP contribution in [0.5, 0.6) is 5.75 Å². The lowest BCUT2D eigenvalue weighted by Crippen LogP contribution is -2.23. The minimum atomic E-state index is -0.552. The van der Waals surface area contributed by atoms with E-state index in [-0.39, 0.29) is 23.2 Å². The lowest BCUT2D eigenvalue weighted by molar-refractivity contribution is 0.0602. The van der Waals surface area contributed by atoms with Crippen LogP contribution in [0, 0.1) is 0 Å². The largest absolute Gasteiger partial charge is 0.497 e. The van der Waals surface area contributed by atoms with Gasteiger partial charge in [-0.1, -0.05) is 24.3 Å². The van der Waals surface area contributed by atoms with Crippen molar-refractivity contribution in [2.45, 2.75) is 6.54 Å². The standard InChI is InChI=1S/C22H20N2O5/c1-28-17-7-5-6-15(12-17)13-24-14-16(10-11-20(24)25)21(26)23-19-9-4-3-8-18(19)22(27)29-2/h3-12,14H,13H2,1-2H3,(H,23,26). The van der Waals surface area contributed by atoms with Crippen molar-refractivity contribution in [2.75, 3.05) is 19.5 Å². The Kier molecular flexibility index (Phi) is 6.09. The summed E-state index contributed by atoms with van der Waals surface area (Å²) in [6, 6.07) is 16.7. The number of methoxy groups -OCH3 is 2. The number of amides is 1. The van der Waals surface area contributed by atoms with E-state index in [1.54, 1.807) is 31.4 Å². The van der Waals surface area contributed by atoms with Crippen molar-refractivity contribution in [1.29, 1.82) is 0 Å². The van der Waals surface area contributed by atoms with Gasteiger partial charge in [-0.15, -0.1) is 0 Å². The predicted octanol–water partition coefficient (Wildman–Crippen LogP) is 2.94. The van der Waals surface area contributed by atoms with Gasteiger partial charge in [-0.3, -0.25) is 9.59 Å². The van der Waals surface area contributed by atoms with Gasteiger partial charge in [0, 0.05) is 12.3 Å². The third-order valence-corrected chi connectivity index (χ3v) is 4.31. The number of aromatic nitrogens is 1. The van der Waals surface area contributed by atoms with Crippen molar-refractivity contribution in [2.24, 2.45) is 0 Å². The molecular formula is C22H20N2O5. The van der Waals surface area contributed by atoms with Crippen LogP contribution in [-0.4, -0.2) is 30.7 Å². The molecule has 7 heteroatoms. The van der Waals surface area contributed by atoms with Gasteiger partial charge in [0.2, 0.25) is 0 Å². The number of hydrogen-bond acceptors (Lipinski definition) is 5. The third kappa shape index (κ3) is 4.70. The van der Waals surface area contributed by atoms with E-state index in [1.807, 2.05) is 24.3 Å². The molecule has 0 bridgehead atoms. The molecule has 1 N–H and O–H groups in total. The maximum atomic E-state index is 12.7. The monoisotopic (exact) mass is 392 g/mol. The Bertz CT molecular complexity index is 1100. The summed E-state index contributed by atoms with van der Waals surface area (Å²) in [6.45, 7) is 0.288. The molecule has 2 aromatic carbocycles. The minimum absolute atomic E-state index is 0.237. The number of para-hydroxylation sites is 1. The molecule has 29 heavy (non-hydrogen) atoms. The van der Waals surface area contributed by atoms with Gasteiger partial charge < -0.3 is 19.4 Å². The van der Waals surface area contributed by atoms with Crippen LogP contribution in [0.15, 0.2) is 71.7 Å². The van der Waals surface area contributed by atoms with E-state index < -0.39 is 11.9 Å². The lowest BCUT2D eigenvalue weighted by atomic mass is 10.1. The molecule has 0 aliphatic rings. The molecule has 0 saturated heterocycles. The summed E-state index contributed by atoms with van der Waals surface area (Å²) in [6.07, 6.45) is 1.48. The van der Waals surface area contributed by atoms with Gasteiger partial charge in [-0.2, -0.15) is 0 Å². The van der Waals surface area contributed by atoms with Gasteiger partial charge in [0.15, 0.2) is 0 Å². The molecule has 1 aromatic heterocycles. The minimum Gasteiger partial charge on any atom is -0.497 e. The van der Waals surface area contributed by atoms with Crippen molar-refractivity contribution >= 4 is 17.6 Å². The van der Waals surface area contributed by atoms with Gasteiger partial charge in [0.25, 0.3) is 11.5 Å². The van der Waals surface area contributed by atoms with Crippen molar-refractivity contribution in [3.63, 3.8) is 0 Å². The van der Waals surface area contributed by atoms with Crippen molar-refractivity contribution in [3.05, 3.63) is 93.9 Å². The fourth-order valence-electron chi connectivity index (χ4n) is 2.83. The molecular weight excluding hydrogens is 372 g/mol. The van der Waals surface area contributed by atoms with Gasteiger partial charge in [-0.05, 0) is 35.9 Å². The average molecular weight is 392 g/mol. The quantitative estimate of drug-likeness (QED) is 0.652. The fraction of sp³-hybridized carbons (Fsp3) is 0.136. The number of pyridine rings is 1. The predicted molar refractivity (Wildman–Crippen MR) is 109 cm³/mol. The van der Waals surface area contributed by atoms with E-state index in [9.17, 15) is 14.4 Å². The highest BCUT2D eigenvalue weighted by atomic mass is 16.5. The van der Waals surface area contributed by atoms with E-state index in [1.165, 1.54) is 30.0 Å². The van der Waals surface area contributed by atoms with Crippen LogP contribution in [-0.2, 0) is 11.3 Å². The second-order valence-electron chi connectivity index (χ2n) is 6.23. The molecule has 1 amide bonds. The van der Waals surface area contributed by atoms with Crippen molar-refractivity contribution < 1.29 is 19.1 Å². The Morgan fingerprint density at radius 1 is 1.00 bits per heavy atom. The molecule has 0 aliphatic carbocycles. The molecule has 1 heterocycles. The van der Waals surface area contributed by atoms with Crippen LogP contribution in [0.2, 0.25) is 0 Å². The average Bonchev–Trinajstić information content (AvgIpc) is 2.75. The van der Waals surface area contributed by atoms with Crippen molar-refractivity contribution in [3.8, 4) is 5.75 Å². The van der Waals surface area contributed by atoms with Gasteiger partial charge in [0.05, 0.1) is 37.6 Å². The Morgan fingerprint density at radius 3 is 2.55 bits per heavy atom. The number of carbonyl (C=O) groups is 2. The highest BCUT2D eigenvalue weighted by molar-refractivity contribution is 6.07. The maximum absolute atomic E-state index is 12.7. The first kappa shape index (κ1) is 19.9. The van der Waals surface area contributed by atoms with Crippen LogP contribution in [0.3, 0.4) is 0 Å². The molecule has 0 radical (unpaired) electrons. The summed E-state index contributed by atoms with van der Waals surface area (Å²) in [4.78, 5) is 36.8.